The molecule has 4 aliphatic rings. The topological polar surface area (TPSA) is 262 Å². The number of ether oxygens (including phenoxy) is 10. The third kappa shape index (κ3) is 27.3. The maximum absolute atomic E-state index is 13.4. The Balaban J connectivity index is 0.000000581. The van der Waals surface area contributed by atoms with E-state index in [1.165, 1.54) is 0 Å². The van der Waals surface area contributed by atoms with E-state index < -0.39 is 49.6 Å². The van der Waals surface area contributed by atoms with Gasteiger partial charge in [0.15, 0.2) is 36.7 Å². The van der Waals surface area contributed by atoms with Crippen molar-refractivity contribution in [1.29, 1.82) is 0 Å². The second-order valence-electron chi connectivity index (χ2n) is 25.8. The van der Waals surface area contributed by atoms with Gasteiger partial charge >= 0.3 is 18.1 Å². The first-order chi connectivity index (χ1) is 42.1. The summed E-state index contributed by atoms with van der Waals surface area (Å²) in [5.74, 6) is -2.45. The number of carbonyl (C=O) groups excluding carboxylic acids is 6. The first kappa shape index (κ1) is 81.2. The Morgan fingerprint density at radius 3 is 1.28 bits per heavy atom. The molecule has 0 spiro atoms. The summed E-state index contributed by atoms with van der Waals surface area (Å²) >= 11 is 0. The fraction of sp³-hybridized carbons (Fsp3) is 0.809. The number of hydrogen-bond donors (Lipinski definition) is 3. The van der Waals surface area contributed by atoms with Gasteiger partial charge in [0.2, 0.25) is 0 Å². The predicted octanol–water partition coefficient (Wildman–Crippen LogP) is 8.45. The Hall–Kier alpha value is -3.90. The van der Waals surface area contributed by atoms with Crippen LogP contribution in [0.25, 0.3) is 0 Å². The van der Waals surface area contributed by atoms with Crippen LogP contribution in [0.3, 0.4) is 0 Å². The van der Waals surface area contributed by atoms with Gasteiger partial charge in [-0.2, -0.15) is 9.59 Å². The lowest BCUT2D eigenvalue weighted by molar-refractivity contribution is -0.282. The highest BCUT2D eigenvalue weighted by atomic mass is 16.7. The number of methoxy groups -OCH3 is 4. The largest absolute Gasteiger partial charge is 0.462 e. The van der Waals surface area contributed by atoms with E-state index >= 15 is 0 Å². The average molecular weight is 1270 g/mol. The van der Waals surface area contributed by atoms with Gasteiger partial charge in [0.1, 0.15) is 18.3 Å². The van der Waals surface area contributed by atoms with Crippen molar-refractivity contribution in [2.24, 2.45) is 53.3 Å². The van der Waals surface area contributed by atoms with E-state index in [1.54, 1.807) is 52.7 Å². The van der Waals surface area contributed by atoms with E-state index in [9.17, 15) is 34.5 Å². The molecule has 0 radical (unpaired) electrons. The number of esters is 2. The first-order valence-electron chi connectivity index (χ1n) is 32.2. The van der Waals surface area contributed by atoms with Gasteiger partial charge < -0.3 is 72.5 Å². The molecule has 4 heterocycles. The van der Waals surface area contributed by atoms with Crippen molar-refractivity contribution in [3.05, 3.63) is 47.6 Å². The van der Waals surface area contributed by atoms with Crippen LogP contribution in [-0.4, -0.2) is 205 Å². The number of hydrogen-bond acceptors (Lipinski definition) is 21. The van der Waals surface area contributed by atoms with E-state index in [1.807, 2.05) is 86.5 Å². The van der Waals surface area contributed by atoms with Crippen molar-refractivity contribution in [3.8, 4) is 0 Å². The van der Waals surface area contributed by atoms with Crippen molar-refractivity contribution < 1.29 is 91.5 Å². The molecule has 89 heavy (non-hydrogen) atoms. The molecule has 3 N–H and O–H groups in total. The minimum absolute atomic E-state index is 0.0187. The summed E-state index contributed by atoms with van der Waals surface area (Å²) in [6, 6.07) is 0.142. The highest BCUT2D eigenvalue weighted by Gasteiger charge is 2.44. The molecule has 0 aromatic heterocycles. The number of aliphatic hydroxyl groups excluding tert-OH is 3. The molecule has 8 unspecified atom stereocenters. The van der Waals surface area contributed by atoms with E-state index in [2.05, 4.69) is 39.8 Å². The zero-order valence-corrected chi connectivity index (χ0v) is 57.3. The van der Waals surface area contributed by atoms with E-state index in [4.69, 9.17) is 57.0 Å². The lowest BCUT2D eigenvalue weighted by Crippen LogP contribution is -2.56. The van der Waals surface area contributed by atoms with Crippen LogP contribution in [0.2, 0.25) is 0 Å². The maximum atomic E-state index is 13.4. The summed E-state index contributed by atoms with van der Waals surface area (Å²) in [4.78, 5) is 73.3. The third-order valence-electron chi connectivity index (χ3n) is 18.2. The second-order valence-corrected chi connectivity index (χ2v) is 25.8. The Kier molecular flexibility index (Phi) is 38.6. The molecule has 0 aromatic carbocycles. The second kappa shape index (κ2) is 42.4. The summed E-state index contributed by atoms with van der Waals surface area (Å²) in [6.07, 6.45) is 11.7. The Bertz CT molecular complexity index is 2080. The minimum atomic E-state index is -0.888. The molecule has 0 saturated carbocycles. The highest BCUT2D eigenvalue weighted by molar-refractivity contribution is 5.92. The Labute approximate surface area is 532 Å². The van der Waals surface area contributed by atoms with Crippen molar-refractivity contribution in [3.63, 3.8) is 0 Å². The van der Waals surface area contributed by atoms with Crippen molar-refractivity contribution in [2.75, 3.05) is 69.8 Å². The lowest BCUT2D eigenvalue weighted by Gasteiger charge is -2.45. The number of cyclic esters (lactones) is 2. The summed E-state index contributed by atoms with van der Waals surface area (Å²) in [6.45, 7) is 21.4. The summed E-state index contributed by atoms with van der Waals surface area (Å²) < 4.78 is 60.3. The molecule has 21 heteroatoms. The van der Waals surface area contributed by atoms with Gasteiger partial charge in [-0.15, -0.1) is 0 Å². The molecule has 0 aromatic rings. The maximum Gasteiger partial charge on any atom is 0.373 e. The zero-order valence-electron chi connectivity index (χ0n) is 57.3. The summed E-state index contributed by atoms with van der Waals surface area (Å²) in [5, 5.41) is 31.4. The molecule has 0 bridgehead atoms. The monoisotopic (exact) mass is 1260 g/mol. The van der Waals surface area contributed by atoms with Crippen molar-refractivity contribution >= 4 is 29.7 Å². The molecule has 0 aliphatic carbocycles. The quantitative estimate of drug-likeness (QED) is 0.0858. The molecular weight excluding hydrogens is 1150 g/mol. The molecule has 0 amide bonds. The number of allylic oxidation sites excluding steroid dienone is 6. The van der Waals surface area contributed by atoms with Crippen molar-refractivity contribution in [2.45, 2.75) is 233 Å². The fourth-order valence-electron chi connectivity index (χ4n) is 12.8. The molecule has 20 atom stereocenters. The van der Waals surface area contributed by atoms with E-state index in [0.717, 1.165) is 17.6 Å². The predicted molar refractivity (Wildman–Crippen MR) is 336 cm³/mol. The molecular formula is C68H116N2O19. The highest BCUT2D eigenvalue weighted by Crippen LogP contribution is 2.39. The molecule has 4 rings (SSSR count). The van der Waals surface area contributed by atoms with Gasteiger partial charge in [-0.25, -0.2) is 0 Å². The smallest absolute Gasteiger partial charge is 0.373 e. The third-order valence-corrected chi connectivity index (χ3v) is 18.2. The lowest BCUT2D eigenvalue weighted by atomic mass is 9.80. The van der Waals surface area contributed by atoms with Gasteiger partial charge in [0.25, 0.3) is 0 Å². The molecule has 512 valence electrons. The fourth-order valence-corrected chi connectivity index (χ4v) is 12.8. The van der Waals surface area contributed by atoms with Crippen LogP contribution in [-0.2, 0) is 76.1 Å². The first-order valence-corrected chi connectivity index (χ1v) is 32.2. The minimum Gasteiger partial charge on any atom is -0.462 e. The summed E-state index contributed by atoms with van der Waals surface area (Å²) in [7, 11) is 14.4. The Morgan fingerprint density at radius 2 is 0.933 bits per heavy atom. The van der Waals surface area contributed by atoms with Crippen LogP contribution in [0.15, 0.2) is 47.6 Å². The van der Waals surface area contributed by atoms with Crippen LogP contribution in [0.5, 0.6) is 0 Å². The van der Waals surface area contributed by atoms with Gasteiger partial charge in [-0.05, 0) is 143 Å². The van der Waals surface area contributed by atoms with E-state index in [-0.39, 0.29) is 133 Å². The van der Waals surface area contributed by atoms with E-state index in [0.29, 0.717) is 63.8 Å². The normalized spacial score (nSPS) is 36.5. The zero-order chi connectivity index (χ0) is 67.2. The number of nitrogens with zero attached hydrogens (tertiary/aromatic N) is 2. The molecule has 2 saturated heterocycles. The number of ketones is 2. The number of rotatable bonds is 18. The van der Waals surface area contributed by atoms with Crippen LogP contribution < -0.4 is 0 Å². The van der Waals surface area contributed by atoms with Gasteiger partial charge in [0, 0.05) is 95.8 Å². The molecule has 2 fully saturated rings. The molecule has 4 aliphatic heterocycles. The average Bonchev–Trinajstić information content (AvgIpc) is 1.68. The van der Waals surface area contributed by atoms with Crippen molar-refractivity contribution in [1.82, 2.24) is 9.80 Å². The SMILES string of the molecule is CC[C@H]1OC(=O)CC[C@H](C)[C@@H](OC2OC(C)CC(N(C)C)C2C)[C@@H](CC(OC)OC)C[C@@H](C)C(=O)/C=C/C(C)=C/[C@@H]1CO.CC[C@H]1OC(=O)CC[C@H](C)[C@@H](OC2OC(C)CC(N(C)C)C2O)[C@@H](CC(OC)OC)C[C@@H](C)C(=O)/C=C/C(C)=C/[C@@H]1CO.O=C=O. The van der Waals surface area contributed by atoms with Crippen LogP contribution >= 0.6 is 0 Å². The van der Waals surface area contributed by atoms with Gasteiger partial charge in [-0.3, -0.25) is 19.2 Å². The van der Waals surface area contributed by atoms with Crippen LogP contribution in [0, 0.1) is 53.3 Å². The van der Waals surface area contributed by atoms with Gasteiger partial charge in [-0.1, -0.05) is 83.9 Å². The van der Waals surface area contributed by atoms with Gasteiger partial charge in [0.05, 0.1) is 37.6 Å². The standard InChI is InChI=1S/C34H59NO8.C33H57NO9.CO2/c1-11-30-27(20-36)16-21(2)12-14-29(37)23(4)17-26(19-32(39-9)40-10)33(22(3)13-15-31(38)42-30)43-34-25(6)28(35(7)8)18-24(5)41-34;1-10-28-25(19-35)15-20(2)11-13-27(36)22(4)16-24(18-30(39-8)40-9)32(21(3)12-14-29(37)42-28)43-33-31(38)26(34(6)7)17-23(5)41-33;2-1-3/h12,14,16,22-28,30,32-34,36H,11,13,15,17-20H2,1-10H3;11,13,15,21-26,28,30-33,35,38H,10,12,14,16-19H2,1-9H3;/b14-12+,21-16+;13-11+,20-15+;/t22-,23+,24?,25?,26+,27+,28?,30+,33+,34?;21-,22+,23?,24+,25+,26?,28+,31?,32+,33?;/m00./s1. The Morgan fingerprint density at radius 1 is 0.573 bits per heavy atom. The number of likely N-dealkylation sites (N-methyl/N-ethyl adjacent to an activating group) is 1. The number of aliphatic hydroxyl groups is 3. The number of carbonyl (C=O) groups is 4. The van der Waals surface area contributed by atoms with Crippen LogP contribution in [0.1, 0.15) is 153 Å². The summed E-state index contributed by atoms with van der Waals surface area (Å²) in [5.41, 5.74) is 1.64. The van der Waals surface area contributed by atoms with Crippen LogP contribution in [0.4, 0.5) is 0 Å². The molecule has 21 nitrogen and oxygen atoms in total.